The van der Waals surface area contributed by atoms with Crippen molar-refractivity contribution in [1.29, 1.82) is 0 Å². The van der Waals surface area contributed by atoms with E-state index in [9.17, 15) is 0 Å². The second-order valence-electron chi connectivity index (χ2n) is 14.3. The van der Waals surface area contributed by atoms with Crippen LogP contribution in [0.25, 0.3) is 109 Å². The Kier molecular flexibility index (Phi) is 8.01. The highest BCUT2D eigenvalue weighted by molar-refractivity contribution is 7.26. The monoisotopic (exact) mass is 743 g/mol. The van der Waals surface area contributed by atoms with Crippen LogP contribution in [0.5, 0.6) is 0 Å². The van der Waals surface area contributed by atoms with E-state index in [1.54, 1.807) is 0 Å². The van der Waals surface area contributed by atoms with Gasteiger partial charge in [0.1, 0.15) is 0 Å². The summed E-state index contributed by atoms with van der Waals surface area (Å²) >= 11 is 1.86. The van der Waals surface area contributed by atoms with Crippen molar-refractivity contribution in [3.05, 3.63) is 200 Å². The highest BCUT2D eigenvalue weighted by atomic mass is 32.1. The highest BCUT2D eigenvalue weighted by Crippen LogP contribution is 2.48. The lowest BCUT2D eigenvalue weighted by molar-refractivity contribution is 1.18. The minimum atomic E-state index is 0.698. The van der Waals surface area contributed by atoms with Crippen LogP contribution in [0.1, 0.15) is 0 Å². The summed E-state index contributed by atoms with van der Waals surface area (Å²) in [4.78, 5) is 15.7. The molecule has 266 valence electrons. The summed E-state index contributed by atoms with van der Waals surface area (Å²) in [5, 5.41) is 6.10. The summed E-state index contributed by atoms with van der Waals surface area (Å²) < 4.78 is 2.54. The maximum Gasteiger partial charge on any atom is 0.160 e. The Bertz CT molecular complexity index is 3260. The maximum atomic E-state index is 5.33. The van der Waals surface area contributed by atoms with Crippen LogP contribution in [0.4, 0.5) is 0 Å². The molecule has 0 aliphatic rings. The molecule has 0 amide bonds. The lowest BCUT2D eigenvalue weighted by atomic mass is 9.91. The average molecular weight is 744 g/mol. The van der Waals surface area contributed by atoms with Crippen molar-refractivity contribution in [2.75, 3.05) is 0 Å². The molecule has 0 aliphatic heterocycles. The summed E-state index contributed by atoms with van der Waals surface area (Å²) in [7, 11) is 0. The van der Waals surface area contributed by atoms with Gasteiger partial charge in [-0.3, -0.25) is 0 Å². The van der Waals surface area contributed by atoms with Gasteiger partial charge in [0.2, 0.25) is 0 Å². The van der Waals surface area contributed by atoms with E-state index in [2.05, 4.69) is 176 Å². The molecule has 0 radical (unpaired) electrons. The van der Waals surface area contributed by atoms with E-state index < -0.39 is 0 Å². The third-order valence-corrected chi connectivity index (χ3v) is 12.1. The number of thiophene rings is 1. The average Bonchev–Trinajstić information content (AvgIpc) is 3.69. The molecule has 0 fully saturated rings. The highest BCUT2D eigenvalue weighted by Gasteiger charge is 2.21. The predicted molar refractivity (Wildman–Crippen MR) is 240 cm³/mol. The zero-order valence-corrected chi connectivity index (χ0v) is 31.6. The Morgan fingerprint density at radius 2 is 0.895 bits per heavy atom. The molecule has 3 nitrogen and oxygen atoms in total. The molecule has 4 heteroatoms. The summed E-state index contributed by atoms with van der Waals surface area (Å²) in [6.07, 6.45) is 0. The fourth-order valence-electron chi connectivity index (χ4n) is 8.13. The first-order valence-corrected chi connectivity index (χ1v) is 20.0. The van der Waals surface area contributed by atoms with Crippen LogP contribution in [-0.4, -0.2) is 15.0 Å². The number of fused-ring (bicyclic) bond motifs is 7. The first-order chi connectivity index (χ1) is 28.2. The molecule has 0 unspecified atom stereocenters. The van der Waals surface area contributed by atoms with Gasteiger partial charge in [-0.2, -0.15) is 0 Å². The molecule has 0 bridgehead atoms. The van der Waals surface area contributed by atoms with Crippen molar-refractivity contribution >= 4 is 53.2 Å². The molecule has 3 aromatic heterocycles. The van der Waals surface area contributed by atoms with Gasteiger partial charge < -0.3 is 0 Å². The van der Waals surface area contributed by atoms with Crippen LogP contribution in [-0.2, 0) is 0 Å². The third kappa shape index (κ3) is 5.86. The Labute approximate surface area is 334 Å². The van der Waals surface area contributed by atoms with Crippen molar-refractivity contribution < 1.29 is 0 Å². The smallest absolute Gasteiger partial charge is 0.160 e. The normalized spacial score (nSPS) is 11.5. The van der Waals surface area contributed by atoms with Gasteiger partial charge in [-0.05, 0) is 47.0 Å². The molecule has 0 N–H and O–H groups in total. The summed E-state index contributed by atoms with van der Waals surface area (Å²) in [5.41, 5.74) is 12.6. The van der Waals surface area contributed by atoms with Crippen molar-refractivity contribution in [2.24, 2.45) is 0 Å². The third-order valence-electron chi connectivity index (χ3n) is 10.9. The summed E-state index contributed by atoms with van der Waals surface area (Å²) in [6, 6.07) is 70.7. The number of rotatable bonds is 6. The van der Waals surface area contributed by atoms with Gasteiger partial charge in [-0.1, -0.05) is 170 Å². The number of aromatic nitrogens is 3. The number of nitrogens with zero attached hydrogens (tertiary/aromatic N) is 3. The molecule has 8 aromatic carbocycles. The van der Waals surface area contributed by atoms with Crippen molar-refractivity contribution in [2.45, 2.75) is 0 Å². The molecule has 11 rings (SSSR count). The largest absolute Gasteiger partial charge is 0.247 e. The van der Waals surface area contributed by atoms with E-state index >= 15 is 0 Å². The van der Waals surface area contributed by atoms with Gasteiger partial charge in [-0.25, -0.2) is 15.0 Å². The Morgan fingerprint density at radius 1 is 0.333 bits per heavy atom. The number of benzene rings is 8. The van der Waals surface area contributed by atoms with Crippen molar-refractivity contribution in [3.63, 3.8) is 0 Å². The molecule has 11 aromatic rings. The van der Waals surface area contributed by atoms with Crippen LogP contribution in [0, 0.1) is 0 Å². The fraction of sp³-hybridized carbons (Fsp3) is 0. The predicted octanol–water partition coefficient (Wildman–Crippen LogP) is 14.5. The van der Waals surface area contributed by atoms with Crippen molar-refractivity contribution in [3.8, 4) is 67.4 Å². The molecule has 0 aliphatic carbocycles. The minimum Gasteiger partial charge on any atom is -0.247 e. The second kappa shape index (κ2) is 13.8. The molecular formula is C53H33N3S. The molecule has 0 spiro atoms. The van der Waals surface area contributed by atoms with E-state index in [0.29, 0.717) is 5.82 Å². The fourth-order valence-corrected chi connectivity index (χ4v) is 9.38. The van der Waals surface area contributed by atoms with Gasteiger partial charge in [0.15, 0.2) is 5.82 Å². The molecule has 0 saturated heterocycles. The van der Waals surface area contributed by atoms with E-state index in [1.165, 1.54) is 47.6 Å². The zero-order valence-electron chi connectivity index (χ0n) is 30.8. The first-order valence-electron chi connectivity index (χ1n) is 19.2. The van der Waals surface area contributed by atoms with Gasteiger partial charge in [0.25, 0.3) is 0 Å². The van der Waals surface area contributed by atoms with E-state index in [4.69, 9.17) is 15.0 Å². The molecule has 3 heterocycles. The minimum absolute atomic E-state index is 0.698. The number of pyridine rings is 1. The van der Waals surface area contributed by atoms with Crippen LogP contribution >= 0.6 is 11.3 Å². The first kappa shape index (κ1) is 33.1. The Balaban J connectivity index is 1.13. The van der Waals surface area contributed by atoms with E-state index in [-0.39, 0.29) is 0 Å². The summed E-state index contributed by atoms with van der Waals surface area (Å²) in [6.45, 7) is 0. The Hall–Kier alpha value is -7.27. The second-order valence-corrected chi connectivity index (χ2v) is 15.4. The Morgan fingerprint density at radius 3 is 1.65 bits per heavy atom. The lowest BCUT2D eigenvalue weighted by Crippen LogP contribution is -1.96. The van der Waals surface area contributed by atoms with Crippen LogP contribution in [0.2, 0.25) is 0 Å². The molecule has 0 saturated carbocycles. The number of hydrogen-bond acceptors (Lipinski definition) is 4. The SMILES string of the molecule is c1ccc(-c2ccc(-c3cc(-c4cccc(-c5cc6c(-c7ccccc7)nc7ccccc7c6c6c5sc5ccccc56)c4)nc(-c4ccccc4)n3)cc2)cc1. The van der Waals surface area contributed by atoms with Gasteiger partial charge in [0.05, 0.1) is 22.6 Å². The number of hydrogen-bond donors (Lipinski definition) is 0. The van der Waals surface area contributed by atoms with Crippen LogP contribution < -0.4 is 0 Å². The molecular weight excluding hydrogens is 711 g/mol. The standard InChI is InChI=1S/C53H33N3S/c1-4-15-34(16-5-1)35-27-29-36(30-28-35)46-33-47(56-53(55-46)38-19-8-3-9-20-38)40-22-14-21-39(31-40)43-32-44-49(50-42-24-11-13-26-48(42)57-52(43)50)41-23-10-12-25-45(41)54-51(44)37-17-6-2-7-18-37/h1-33H. The quantitative estimate of drug-likeness (QED) is 0.159. The molecule has 57 heavy (non-hydrogen) atoms. The lowest BCUT2D eigenvalue weighted by Gasteiger charge is -2.15. The topological polar surface area (TPSA) is 38.7 Å². The van der Waals surface area contributed by atoms with Gasteiger partial charge in [-0.15, -0.1) is 11.3 Å². The number of para-hydroxylation sites is 1. The summed E-state index contributed by atoms with van der Waals surface area (Å²) in [5.74, 6) is 0.698. The zero-order chi connectivity index (χ0) is 37.7. The molecule has 0 atom stereocenters. The van der Waals surface area contributed by atoms with Crippen molar-refractivity contribution in [1.82, 2.24) is 15.0 Å². The van der Waals surface area contributed by atoms with Gasteiger partial charge >= 0.3 is 0 Å². The van der Waals surface area contributed by atoms with E-state index in [1.807, 2.05) is 35.6 Å². The maximum absolute atomic E-state index is 5.33. The van der Waals surface area contributed by atoms with Gasteiger partial charge in [0, 0.05) is 64.1 Å². The van der Waals surface area contributed by atoms with Crippen LogP contribution in [0.15, 0.2) is 200 Å². The van der Waals surface area contributed by atoms with Crippen LogP contribution in [0.3, 0.4) is 0 Å². The van der Waals surface area contributed by atoms with E-state index in [0.717, 1.165) is 55.8 Å².